The van der Waals surface area contributed by atoms with Crippen LogP contribution in [-0.4, -0.2) is 43.8 Å². The molecule has 1 fully saturated rings. The molecular weight excluding hydrogens is 653 g/mol. The molecule has 4 aromatic carbocycles. The molecule has 0 heterocycles. The molecule has 10 heteroatoms. The molecule has 0 unspecified atom stereocenters. The first kappa shape index (κ1) is 34.5. The van der Waals surface area contributed by atoms with Crippen molar-refractivity contribution in [3.05, 3.63) is 129 Å². The Hall–Kier alpha value is -3.85. The van der Waals surface area contributed by atoms with Crippen molar-refractivity contribution in [2.24, 2.45) is 0 Å². The van der Waals surface area contributed by atoms with Gasteiger partial charge in [-0.15, -0.1) is 0 Å². The first-order valence-electron chi connectivity index (χ1n) is 15.7. The van der Waals surface area contributed by atoms with Crippen LogP contribution in [0.15, 0.2) is 102 Å². The summed E-state index contributed by atoms with van der Waals surface area (Å²) in [6.07, 6.45) is 4.10. The van der Waals surface area contributed by atoms with E-state index in [4.69, 9.17) is 23.2 Å². The predicted molar refractivity (Wildman–Crippen MR) is 188 cm³/mol. The van der Waals surface area contributed by atoms with Crippen molar-refractivity contribution in [2.75, 3.05) is 10.8 Å². The minimum atomic E-state index is -4.25. The van der Waals surface area contributed by atoms with E-state index in [1.54, 1.807) is 12.1 Å². The van der Waals surface area contributed by atoms with Gasteiger partial charge in [-0.05, 0) is 68.1 Å². The fourth-order valence-electron chi connectivity index (χ4n) is 5.82. The second kappa shape index (κ2) is 15.4. The van der Waals surface area contributed by atoms with E-state index in [2.05, 4.69) is 5.32 Å². The van der Waals surface area contributed by atoms with Crippen LogP contribution >= 0.6 is 23.2 Å². The summed E-state index contributed by atoms with van der Waals surface area (Å²) in [5.74, 6) is -0.793. The van der Waals surface area contributed by atoms with Gasteiger partial charge in [0.05, 0.1) is 20.6 Å². The Balaban J connectivity index is 1.57. The van der Waals surface area contributed by atoms with Crippen molar-refractivity contribution in [3.63, 3.8) is 0 Å². The van der Waals surface area contributed by atoms with Crippen LogP contribution < -0.4 is 9.62 Å². The standard InChI is InChI=1S/C37H39Cl2N3O4S/c1-26-12-16-29(17-13-26)24-41(35(22-28-8-4-3-5-9-28)37(44)40-30-10-6-7-11-30)36(43)25-42(31-18-21-33(38)34(39)23-31)47(45,46)32-19-14-27(2)15-20-32/h3-5,8-9,12-21,23,30,35H,6-7,10-11,22,24-25H2,1-2H3,(H,40,44)/t35-/m1/s1. The number of hydrogen-bond acceptors (Lipinski definition) is 4. The average molecular weight is 693 g/mol. The van der Waals surface area contributed by atoms with Crippen LogP contribution in [0, 0.1) is 13.8 Å². The van der Waals surface area contributed by atoms with E-state index >= 15 is 0 Å². The molecule has 1 atom stereocenters. The van der Waals surface area contributed by atoms with Crippen molar-refractivity contribution in [2.45, 2.75) is 69.5 Å². The minimum absolute atomic E-state index is 0.0202. The lowest BCUT2D eigenvalue weighted by Crippen LogP contribution is -2.54. The zero-order valence-electron chi connectivity index (χ0n) is 26.5. The lowest BCUT2D eigenvalue weighted by atomic mass is 10.0. The van der Waals surface area contributed by atoms with Crippen molar-refractivity contribution >= 4 is 50.7 Å². The fraction of sp³-hybridized carbons (Fsp3) is 0.297. The second-order valence-corrected chi connectivity index (χ2v) is 14.8. The van der Waals surface area contributed by atoms with Gasteiger partial charge in [-0.25, -0.2) is 8.42 Å². The average Bonchev–Trinajstić information content (AvgIpc) is 3.57. The van der Waals surface area contributed by atoms with Gasteiger partial charge < -0.3 is 10.2 Å². The summed E-state index contributed by atoms with van der Waals surface area (Å²) < 4.78 is 29.5. The summed E-state index contributed by atoms with van der Waals surface area (Å²) in [6.45, 7) is 3.38. The third kappa shape index (κ3) is 8.74. The number of aryl methyl sites for hydroxylation is 2. The summed E-state index contributed by atoms with van der Waals surface area (Å²) in [6, 6.07) is 27.3. The summed E-state index contributed by atoms with van der Waals surface area (Å²) in [5.41, 5.74) is 3.83. The molecule has 0 aromatic heterocycles. The van der Waals surface area contributed by atoms with Crippen LogP contribution in [0.3, 0.4) is 0 Å². The number of sulfonamides is 1. The van der Waals surface area contributed by atoms with E-state index in [0.29, 0.717) is 0 Å². The van der Waals surface area contributed by atoms with Crippen LogP contribution in [0.5, 0.6) is 0 Å². The van der Waals surface area contributed by atoms with Crippen LogP contribution in [-0.2, 0) is 32.6 Å². The van der Waals surface area contributed by atoms with Crippen LogP contribution in [0.25, 0.3) is 0 Å². The van der Waals surface area contributed by atoms with Gasteiger partial charge in [0.15, 0.2) is 0 Å². The molecule has 5 rings (SSSR count). The normalized spacial score (nSPS) is 14.0. The van der Waals surface area contributed by atoms with Gasteiger partial charge in [-0.3, -0.25) is 13.9 Å². The number of anilines is 1. The number of rotatable bonds is 12. The molecule has 2 amide bonds. The van der Waals surface area contributed by atoms with E-state index < -0.39 is 28.5 Å². The van der Waals surface area contributed by atoms with Gasteiger partial charge in [0.1, 0.15) is 12.6 Å². The molecule has 1 N–H and O–H groups in total. The molecule has 1 saturated carbocycles. The lowest BCUT2D eigenvalue weighted by molar-refractivity contribution is -0.140. The molecule has 0 spiro atoms. The number of halogens is 2. The number of amides is 2. The molecule has 0 saturated heterocycles. The van der Waals surface area contributed by atoms with E-state index in [9.17, 15) is 18.0 Å². The molecule has 0 radical (unpaired) electrons. The minimum Gasteiger partial charge on any atom is -0.352 e. The third-order valence-corrected chi connectivity index (χ3v) is 11.1. The number of nitrogens with zero attached hydrogens (tertiary/aromatic N) is 2. The number of hydrogen-bond donors (Lipinski definition) is 1. The number of nitrogens with one attached hydrogen (secondary N) is 1. The highest BCUT2D eigenvalue weighted by Gasteiger charge is 2.35. The van der Waals surface area contributed by atoms with Gasteiger partial charge in [0.2, 0.25) is 11.8 Å². The monoisotopic (exact) mass is 691 g/mol. The van der Waals surface area contributed by atoms with Crippen molar-refractivity contribution < 1.29 is 18.0 Å². The highest BCUT2D eigenvalue weighted by atomic mass is 35.5. The number of carbonyl (C=O) groups excluding carboxylic acids is 2. The van der Waals surface area contributed by atoms with Gasteiger partial charge in [0, 0.05) is 19.0 Å². The van der Waals surface area contributed by atoms with E-state index in [1.807, 2.05) is 68.4 Å². The zero-order chi connectivity index (χ0) is 33.6. The number of carbonyl (C=O) groups is 2. The summed E-state index contributed by atoms with van der Waals surface area (Å²) >= 11 is 12.6. The first-order valence-corrected chi connectivity index (χ1v) is 17.9. The third-order valence-electron chi connectivity index (χ3n) is 8.53. The van der Waals surface area contributed by atoms with E-state index in [0.717, 1.165) is 52.2 Å². The van der Waals surface area contributed by atoms with Crippen molar-refractivity contribution in [1.29, 1.82) is 0 Å². The van der Waals surface area contributed by atoms with E-state index in [1.165, 1.54) is 35.2 Å². The molecule has 0 bridgehead atoms. The Morgan fingerprint density at radius 3 is 2.04 bits per heavy atom. The Labute approximate surface area is 287 Å². The Morgan fingerprint density at radius 2 is 1.43 bits per heavy atom. The molecule has 7 nitrogen and oxygen atoms in total. The van der Waals surface area contributed by atoms with Gasteiger partial charge in [-0.1, -0.05) is 114 Å². The summed E-state index contributed by atoms with van der Waals surface area (Å²) in [7, 11) is -4.25. The van der Waals surface area contributed by atoms with Crippen molar-refractivity contribution in [3.8, 4) is 0 Å². The second-order valence-electron chi connectivity index (χ2n) is 12.1. The smallest absolute Gasteiger partial charge is 0.264 e. The molecule has 0 aliphatic heterocycles. The zero-order valence-corrected chi connectivity index (χ0v) is 28.9. The fourth-order valence-corrected chi connectivity index (χ4v) is 7.52. The maximum Gasteiger partial charge on any atom is 0.264 e. The van der Waals surface area contributed by atoms with Gasteiger partial charge >= 0.3 is 0 Å². The summed E-state index contributed by atoms with van der Waals surface area (Å²) in [5, 5.41) is 3.59. The molecular formula is C37H39Cl2N3O4S. The van der Waals surface area contributed by atoms with E-state index in [-0.39, 0.29) is 45.5 Å². The highest BCUT2D eigenvalue weighted by Crippen LogP contribution is 2.31. The van der Waals surface area contributed by atoms with Crippen LogP contribution in [0.4, 0.5) is 5.69 Å². The largest absolute Gasteiger partial charge is 0.352 e. The lowest BCUT2D eigenvalue weighted by Gasteiger charge is -2.34. The van der Waals surface area contributed by atoms with Crippen molar-refractivity contribution in [1.82, 2.24) is 10.2 Å². The first-order chi connectivity index (χ1) is 22.5. The maximum absolute atomic E-state index is 14.6. The quantitative estimate of drug-likeness (QED) is 0.167. The summed E-state index contributed by atoms with van der Waals surface area (Å²) in [4.78, 5) is 30.3. The van der Waals surface area contributed by atoms with Crippen LogP contribution in [0.2, 0.25) is 10.0 Å². The molecule has 1 aliphatic rings. The maximum atomic E-state index is 14.6. The molecule has 1 aliphatic carbocycles. The molecule has 4 aromatic rings. The SMILES string of the molecule is Cc1ccc(CN(C(=O)CN(c2ccc(Cl)c(Cl)c2)S(=O)(=O)c2ccc(C)cc2)[C@H](Cc2ccccc2)C(=O)NC2CCCC2)cc1. The van der Waals surface area contributed by atoms with Crippen LogP contribution in [0.1, 0.15) is 47.9 Å². The Kier molecular flexibility index (Phi) is 11.3. The van der Waals surface area contributed by atoms with Gasteiger partial charge in [-0.2, -0.15) is 0 Å². The number of benzene rings is 4. The Morgan fingerprint density at radius 1 is 0.809 bits per heavy atom. The molecule has 47 heavy (non-hydrogen) atoms. The van der Waals surface area contributed by atoms with Gasteiger partial charge in [0.25, 0.3) is 10.0 Å². The highest BCUT2D eigenvalue weighted by molar-refractivity contribution is 7.92. The Bertz CT molecular complexity index is 1790. The topological polar surface area (TPSA) is 86.8 Å². The predicted octanol–water partition coefficient (Wildman–Crippen LogP) is 7.50. The molecule has 246 valence electrons.